The minimum Gasteiger partial charge on any atom is -0.505 e. The molecule has 0 fully saturated rings. The summed E-state index contributed by atoms with van der Waals surface area (Å²) in [6.07, 6.45) is 0. The van der Waals surface area contributed by atoms with Crippen molar-refractivity contribution in [2.75, 3.05) is 10.1 Å². The number of nitrogens with zero attached hydrogens (tertiary/aromatic N) is 2. The molecule has 0 radical (unpaired) electrons. The summed E-state index contributed by atoms with van der Waals surface area (Å²) in [5.41, 5.74) is 2.06. The van der Waals surface area contributed by atoms with Crippen molar-refractivity contribution in [1.82, 2.24) is 0 Å². The van der Waals surface area contributed by atoms with Crippen molar-refractivity contribution in [3.8, 4) is 5.75 Å². The number of Topliss-reactive ketones (excluding diaryl/α,β-unsaturated/α-hetero) is 1. The van der Waals surface area contributed by atoms with Gasteiger partial charge in [0, 0.05) is 11.6 Å². The van der Waals surface area contributed by atoms with Gasteiger partial charge in [0.1, 0.15) is 5.75 Å². The first-order valence-corrected chi connectivity index (χ1v) is 8.25. The second-order valence-electron chi connectivity index (χ2n) is 4.97. The number of phenolic OH excluding ortho intramolecular Hbond substituents is 1. The molecule has 11 heteroatoms. The van der Waals surface area contributed by atoms with Gasteiger partial charge in [-0.2, -0.15) is 13.5 Å². The number of nitro benzene ring substituents is 1. The number of para-hydroxylation sites is 1. The van der Waals surface area contributed by atoms with Crippen LogP contribution in [0.1, 0.15) is 10.4 Å². The number of carbonyl (C=O) groups excluding carboxylic acids is 1. The lowest BCUT2D eigenvalue weighted by atomic mass is 10.1. The third kappa shape index (κ3) is 2.99. The van der Waals surface area contributed by atoms with Crippen LogP contribution >= 0.6 is 0 Å². The summed E-state index contributed by atoms with van der Waals surface area (Å²) in [6.45, 7) is 0. The molecule has 0 spiro atoms. The molecule has 1 aliphatic heterocycles. The average Bonchev–Trinajstić information content (AvgIpc) is 2.55. The lowest BCUT2D eigenvalue weighted by Gasteiger charge is -2.18. The van der Waals surface area contributed by atoms with Crippen molar-refractivity contribution in [3.63, 3.8) is 0 Å². The molecular weight excluding hydrogens is 352 g/mol. The van der Waals surface area contributed by atoms with Crippen LogP contribution < -0.4 is 10.1 Å². The predicted molar refractivity (Wildman–Crippen MR) is 89.1 cm³/mol. The van der Waals surface area contributed by atoms with E-state index in [4.69, 9.17) is 0 Å². The number of sulfonamides is 1. The van der Waals surface area contributed by atoms with E-state index in [0.29, 0.717) is 0 Å². The Bertz CT molecular complexity index is 1030. The summed E-state index contributed by atoms with van der Waals surface area (Å²) in [6, 6.07) is 9.13. The number of hydrogen-bond donors (Lipinski definition) is 3. The zero-order valence-corrected chi connectivity index (χ0v) is 13.1. The quantitative estimate of drug-likeness (QED) is 0.426. The second kappa shape index (κ2) is 5.87. The lowest BCUT2D eigenvalue weighted by molar-refractivity contribution is -0.384. The predicted octanol–water partition coefficient (Wildman–Crippen LogP) is 1.66. The monoisotopic (exact) mass is 362 g/mol. The molecular formula is C14H10N4O6S. The Morgan fingerprint density at radius 3 is 2.60 bits per heavy atom. The number of hydrazone groups is 1. The van der Waals surface area contributed by atoms with Gasteiger partial charge in [0.25, 0.3) is 15.7 Å². The first kappa shape index (κ1) is 16.4. The van der Waals surface area contributed by atoms with Crippen molar-refractivity contribution >= 4 is 37.9 Å². The molecule has 10 nitrogen and oxygen atoms in total. The highest BCUT2D eigenvalue weighted by Gasteiger charge is 2.35. The second-order valence-corrected chi connectivity index (χ2v) is 6.57. The number of phenols is 1. The Morgan fingerprint density at radius 1 is 1.20 bits per heavy atom. The summed E-state index contributed by atoms with van der Waals surface area (Å²) < 4.78 is 26.5. The van der Waals surface area contributed by atoms with Gasteiger partial charge in [0.15, 0.2) is 0 Å². The Kier molecular flexibility index (Phi) is 3.85. The molecule has 0 saturated carbocycles. The summed E-state index contributed by atoms with van der Waals surface area (Å²) >= 11 is 0. The van der Waals surface area contributed by atoms with E-state index >= 15 is 0 Å². The van der Waals surface area contributed by atoms with Crippen LogP contribution in [-0.2, 0) is 10.0 Å². The number of benzene rings is 2. The Hall–Kier alpha value is -3.47. The van der Waals surface area contributed by atoms with E-state index in [1.165, 1.54) is 12.1 Å². The number of nitro groups is 1. The SMILES string of the molecule is O=C1C(=NNc2ccc([N+](=O)[O-])cc2O)S(=O)(=O)Nc2ccccc21. The van der Waals surface area contributed by atoms with Crippen molar-refractivity contribution in [2.24, 2.45) is 5.10 Å². The normalized spacial score (nSPS) is 16.8. The van der Waals surface area contributed by atoms with E-state index in [1.54, 1.807) is 12.1 Å². The summed E-state index contributed by atoms with van der Waals surface area (Å²) in [5.74, 6) is -1.34. The van der Waals surface area contributed by atoms with E-state index in [9.17, 15) is 28.4 Å². The van der Waals surface area contributed by atoms with Crippen LogP contribution in [0.15, 0.2) is 47.6 Å². The average molecular weight is 362 g/mol. The number of hydrogen-bond acceptors (Lipinski definition) is 8. The third-order valence-electron chi connectivity index (χ3n) is 3.33. The van der Waals surface area contributed by atoms with Crippen LogP contribution in [0.2, 0.25) is 0 Å². The van der Waals surface area contributed by atoms with Gasteiger partial charge < -0.3 is 5.11 Å². The van der Waals surface area contributed by atoms with Crippen LogP contribution in [0.25, 0.3) is 0 Å². The van der Waals surface area contributed by atoms with Gasteiger partial charge in [-0.1, -0.05) is 12.1 Å². The molecule has 3 N–H and O–H groups in total. The highest BCUT2D eigenvalue weighted by atomic mass is 32.2. The first-order chi connectivity index (χ1) is 11.8. The van der Waals surface area contributed by atoms with Crippen molar-refractivity contribution in [2.45, 2.75) is 0 Å². The van der Waals surface area contributed by atoms with Crippen LogP contribution in [0.3, 0.4) is 0 Å². The van der Waals surface area contributed by atoms with Crippen molar-refractivity contribution < 1.29 is 23.2 Å². The summed E-state index contributed by atoms with van der Waals surface area (Å²) in [4.78, 5) is 22.3. The van der Waals surface area contributed by atoms with Gasteiger partial charge in [0.2, 0.25) is 10.8 Å². The Balaban J connectivity index is 1.96. The molecule has 0 aliphatic carbocycles. The molecule has 2 aromatic carbocycles. The fraction of sp³-hybridized carbons (Fsp3) is 0. The van der Waals surface area contributed by atoms with Crippen LogP contribution in [0.4, 0.5) is 17.1 Å². The molecule has 0 bridgehead atoms. The Morgan fingerprint density at radius 2 is 1.92 bits per heavy atom. The van der Waals surface area contributed by atoms with Gasteiger partial charge in [0.05, 0.1) is 22.4 Å². The first-order valence-electron chi connectivity index (χ1n) is 6.77. The molecule has 0 saturated heterocycles. The van der Waals surface area contributed by atoms with Crippen LogP contribution in [0.5, 0.6) is 5.75 Å². The van der Waals surface area contributed by atoms with Gasteiger partial charge >= 0.3 is 0 Å². The van der Waals surface area contributed by atoms with Crippen LogP contribution in [0, 0.1) is 10.1 Å². The summed E-state index contributed by atoms with van der Waals surface area (Å²) in [7, 11) is -4.19. The zero-order chi connectivity index (χ0) is 18.2. The maximum Gasteiger partial charge on any atom is 0.285 e. The Labute approximate surface area is 141 Å². The molecule has 25 heavy (non-hydrogen) atoms. The largest absolute Gasteiger partial charge is 0.505 e. The standard InChI is InChI=1S/C14H10N4O6S/c19-12-7-8(18(21)22)5-6-11(12)15-16-14-13(20)9-3-1-2-4-10(9)17-25(14,23)24/h1-7,15,17,19H. The van der Waals surface area contributed by atoms with Gasteiger partial charge in [-0.15, -0.1) is 0 Å². The minimum atomic E-state index is -4.19. The van der Waals surface area contributed by atoms with E-state index in [-0.39, 0.29) is 22.6 Å². The molecule has 0 atom stereocenters. The fourth-order valence-electron chi connectivity index (χ4n) is 2.15. The van der Waals surface area contributed by atoms with Gasteiger partial charge in [-0.3, -0.25) is 25.1 Å². The minimum absolute atomic E-state index is 0.0973. The van der Waals surface area contributed by atoms with Crippen molar-refractivity contribution in [3.05, 3.63) is 58.1 Å². The number of aromatic hydroxyl groups is 1. The number of nitrogens with one attached hydrogen (secondary N) is 2. The number of non-ortho nitro benzene ring substituents is 1. The van der Waals surface area contributed by atoms with E-state index in [0.717, 1.165) is 18.2 Å². The zero-order valence-electron chi connectivity index (χ0n) is 12.3. The highest BCUT2D eigenvalue weighted by Crippen LogP contribution is 2.29. The maximum atomic E-state index is 12.3. The number of fused-ring (bicyclic) bond motifs is 1. The van der Waals surface area contributed by atoms with Crippen molar-refractivity contribution in [1.29, 1.82) is 0 Å². The molecule has 1 aliphatic rings. The van der Waals surface area contributed by atoms with E-state index in [1.807, 2.05) is 0 Å². The van der Waals surface area contributed by atoms with Crippen LogP contribution in [-0.4, -0.2) is 29.3 Å². The number of carbonyl (C=O) groups is 1. The summed E-state index contributed by atoms with van der Waals surface area (Å²) in [5, 5.41) is 23.1. The number of anilines is 2. The lowest BCUT2D eigenvalue weighted by Crippen LogP contribution is -2.36. The molecule has 0 unspecified atom stereocenters. The molecule has 1 heterocycles. The topological polar surface area (TPSA) is 151 Å². The van der Waals surface area contributed by atoms with Gasteiger partial charge in [-0.25, -0.2) is 0 Å². The maximum absolute atomic E-state index is 12.3. The number of ketones is 1. The molecule has 128 valence electrons. The fourth-order valence-corrected chi connectivity index (χ4v) is 3.23. The third-order valence-corrected chi connectivity index (χ3v) is 4.61. The number of rotatable bonds is 3. The molecule has 3 rings (SSSR count). The smallest absolute Gasteiger partial charge is 0.285 e. The molecule has 2 aromatic rings. The van der Waals surface area contributed by atoms with E-state index in [2.05, 4.69) is 15.2 Å². The molecule has 0 aromatic heterocycles. The van der Waals surface area contributed by atoms with E-state index < -0.39 is 31.5 Å². The van der Waals surface area contributed by atoms with Gasteiger partial charge in [-0.05, 0) is 18.2 Å². The molecule has 0 amide bonds. The highest BCUT2D eigenvalue weighted by molar-refractivity contribution is 8.09.